The lowest BCUT2D eigenvalue weighted by atomic mass is 9.80. The summed E-state index contributed by atoms with van der Waals surface area (Å²) in [6.07, 6.45) is 8.45. The maximum atomic E-state index is 3.96. The quantitative estimate of drug-likeness (QED) is 0.835. The molecule has 1 saturated heterocycles. The van der Waals surface area contributed by atoms with Crippen molar-refractivity contribution >= 4 is 0 Å². The Bertz CT molecular complexity index is 263. The highest BCUT2D eigenvalue weighted by molar-refractivity contribution is 4.88. The van der Waals surface area contributed by atoms with Crippen LogP contribution in [0.25, 0.3) is 0 Å². The first-order valence-corrected chi connectivity index (χ1v) is 8.44. The molecule has 0 amide bonds. The third-order valence-electron chi connectivity index (χ3n) is 4.79. The van der Waals surface area contributed by atoms with E-state index < -0.39 is 0 Å². The highest BCUT2D eigenvalue weighted by Crippen LogP contribution is 2.31. The molecule has 1 N–H and O–H groups in total. The summed E-state index contributed by atoms with van der Waals surface area (Å²) < 4.78 is 0. The lowest BCUT2D eigenvalue weighted by Crippen LogP contribution is -2.51. The van der Waals surface area contributed by atoms with E-state index in [1.165, 1.54) is 58.2 Å². The third-order valence-corrected chi connectivity index (χ3v) is 4.79. The van der Waals surface area contributed by atoms with Gasteiger partial charge in [-0.05, 0) is 43.6 Å². The normalized spacial score (nSPS) is 30.9. The van der Waals surface area contributed by atoms with Crippen LogP contribution >= 0.6 is 0 Å². The van der Waals surface area contributed by atoms with Crippen LogP contribution in [0.4, 0.5) is 0 Å². The second-order valence-electron chi connectivity index (χ2n) is 8.06. The van der Waals surface area contributed by atoms with Crippen molar-refractivity contribution in [3.8, 4) is 0 Å². The molecular formula is C17H34N2. The van der Waals surface area contributed by atoms with Gasteiger partial charge in [-0.2, -0.15) is 0 Å². The zero-order valence-corrected chi connectivity index (χ0v) is 13.5. The Morgan fingerprint density at radius 2 is 1.74 bits per heavy atom. The molecule has 112 valence electrons. The maximum absolute atomic E-state index is 3.96. The van der Waals surface area contributed by atoms with Gasteiger partial charge in [-0.3, -0.25) is 0 Å². The van der Waals surface area contributed by atoms with Crippen molar-refractivity contribution in [2.45, 2.75) is 78.3 Å². The Labute approximate surface area is 120 Å². The smallest absolute Gasteiger partial charge is 0.0200 e. The van der Waals surface area contributed by atoms with Gasteiger partial charge < -0.3 is 10.2 Å². The molecule has 2 fully saturated rings. The first-order chi connectivity index (χ1) is 8.96. The molecule has 2 unspecified atom stereocenters. The van der Waals surface area contributed by atoms with Gasteiger partial charge in [-0.15, -0.1) is 0 Å². The molecule has 0 spiro atoms. The summed E-state index contributed by atoms with van der Waals surface area (Å²) in [5.41, 5.74) is 0.472. The van der Waals surface area contributed by atoms with E-state index in [1.54, 1.807) is 0 Å². The minimum absolute atomic E-state index is 0.472. The van der Waals surface area contributed by atoms with Crippen molar-refractivity contribution in [2.24, 2.45) is 11.3 Å². The number of hydrogen-bond donors (Lipinski definition) is 1. The number of rotatable bonds is 4. The van der Waals surface area contributed by atoms with Crippen LogP contribution in [-0.4, -0.2) is 36.6 Å². The topological polar surface area (TPSA) is 15.3 Å². The Kier molecular flexibility index (Phi) is 5.30. The lowest BCUT2D eigenvalue weighted by molar-refractivity contribution is 0.114. The second-order valence-corrected chi connectivity index (χ2v) is 8.06. The third kappa shape index (κ3) is 5.07. The second kappa shape index (κ2) is 6.58. The van der Waals surface area contributed by atoms with Crippen molar-refractivity contribution in [3.05, 3.63) is 0 Å². The first kappa shape index (κ1) is 15.3. The molecule has 0 radical (unpaired) electrons. The van der Waals surface area contributed by atoms with Gasteiger partial charge in [-0.1, -0.05) is 40.5 Å². The molecule has 0 aromatic rings. The van der Waals surface area contributed by atoms with Crippen LogP contribution in [-0.2, 0) is 0 Å². The summed E-state index contributed by atoms with van der Waals surface area (Å²) in [7, 11) is 0. The van der Waals surface area contributed by atoms with Crippen LogP contribution in [0.2, 0.25) is 0 Å². The first-order valence-electron chi connectivity index (χ1n) is 8.44. The van der Waals surface area contributed by atoms with E-state index in [9.17, 15) is 0 Å². The average Bonchev–Trinajstić information content (AvgIpc) is 2.79. The maximum Gasteiger partial charge on any atom is 0.0200 e. The molecule has 2 aliphatic rings. The molecule has 0 bridgehead atoms. The molecule has 2 heteroatoms. The summed E-state index contributed by atoms with van der Waals surface area (Å²) in [5.74, 6) is 0.882. The molecule has 1 aliphatic heterocycles. The van der Waals surface area contributed by atoms with Gasteiger partial charge >= 0.3 is 0 Å². The number of piperidine rings is 1. The van der Waals surface area contributed by atoms with Crippen molar-refractivity contribution in [1.82, 2.24) is 10.2 Å². The molecule has 1 heterocycles. The van der Waals surface area contributed by atoms with Gasteiger partial charge in [0.2, 0.25) is 0 Å². The highest BCUT2D eigenvalue weighted by Gasteiger charge is 2.30. The fraction of sp³-hybridized carbons (Fsp3) is 1.00. The monoisotopic (exact) mass is 266 g/mol. The molecule has 2 rings (SSSR count). The Balaban J connectivity index is 1.87. The molecule has 2 atom stereocenters. The summed E-state index contributed by atoms with van der Waals surface area (Å²) in [5, 5.41) is 3.96. The number of likely N-dealkylation sites (tertiary alicyclic amines) is 1. The number of hydrogen-bond acceptors (Lipinski definition) is 2. The van der Waals surface area contributed by atoms with Crippen LogP contribution in [0.3, 0.4) is 0 Å². The van der Waals surface area contributed by atoms with Crippen LogP contribution in [0.15, 0.2) is 0 Å². The Morgan fingerprint density at radius 3 is 2.32 bits per heavy atom. The van der Waals surface area contributed by atoms with Crippen LogP contribution in [0, 0.1) is 11.3 Å². The standard InChI is InChI=1S/C17H34N2/c1-5-19-12-14(11-17(2,3)4)10-16(13-19)18-15-8-6-7-9-15/h14-16,18H,5-13H2,1-4H3. The summed E-state index contributed by atoms with van der Waals surface area (Å²) in [6, 6.07) is 1.56. The van der Waals surface area contributed by atoms with Crippen molar-refractivity contribution < 1.29 is 0 Å². The molecule has 1 saturated carbocycles. The molecule has 0 aromatic carbocycles. The molecular weight excluding hydrogens is 232 g/mol. The fourth-order valence-electron chi connectivity index (χ4n) is 4.12. The van der Waals surface area contributed by atoms with E-state index >= 15 is 0 Å². The zero-order chi connectivity index (χ0) is 13.9. The van der Waals surface area contributed by atoms with Crippen LogP contribution in [0.1, 0.15) is 66.2 Å². The largest absolute Gasteiger partial charge is 0.310 e. The number of nitrogens with one attached hydrogen (secondary N) is 1. The summed E-state index contributed by atoms with van der Waals surface area (Å²) >= 11 is 0. The minimum atomic E-state index is 0.472. The predicted molar refractivity (Wildman–Crippen MR) is 83.5 cm³/mol. The lowest BCUT2D eigenvalue weighted by Gasteiger charge is -2.41. The van der Waals surface area contributed by atoms with E-state index in [0.29, 0.717) is 5.41 Å². The van der Waals surface area contributed by atoms with Gasteiger partial charge in [0, 0.05) is 25.2 Å². The SMILES string of the molecule is CCN1CC(CC(C)(C)C)CC(NC2CCCC2)C1. The van der Waals surface area contributed by atoms with E-state index in [0.717, 1.165) is 18.0 Å². The van der Waals surface area contributed by atoms with E-state index in [2.05, 4.69) is 37.9 Å². The number of nitrogens with zero attached hydrogens (tertiary/aromatic N) is 1. The van der Waals surface area contributed by atoms with Gasteiger partial charge in [0.1, 0.15) is 0 Å². The van der Waals surface area contributed by atoms with Crippen molar-refractivity contribution in [3.63, 3.8) is 0 Å². The van der Waals surface area contributed by atoms with E-state index in [-0.39, 0.29) is 0 Å². The summed E-state index contributed by atoms with van der Waals surface area (Å²) in [6.45, 7) is 13.3. The molecule has 19 heavy (non-hydrogen) atoms. The van der Waals surface area contributed by atoms with Gasteiger partial charge in [0.15, 0.2) is 0 Å². The Morgan fingerprint density at radius 1 is 1.05 bits per heavy atom. The average molecular weight is 266 g/mol. The molecule has 2 nitrogen and oxygen atoms in total. The minimum Gasteiger partial charge on any atom is -0.310 e. The van der Waals surface area contributed by atoms with E-state index in [4.69, 9.17) is 0 Å². The fourth-order valence-corrected chi connectivity index (χ4v) is 4.12. The van der Waals surface area contributed by atoms with Crippen molar-refractivity contribution in [2.75, 3.05) is 19.6 Å². The zero-order valence-electron chi connectivity index (χ0n) is 13.5. The van der Waals surface area contributed by atoms with Crippen LogP contribution < -0.4 is 5.32 Å². The van der Waals surface area contributed by atoms with Gasteiger partial charge in [-0.25, -0.2) is 0 Å². The van der Waals surface area contributed by atoms with Crippen molar-refractivity contribution in [1.29, 1.82) is 0 Å². The highest BCUT2D eigenvalue weighted by atomic mass is 15.2. The summed E-state index contributed by atoms with van der Waals surface area (Å²) in [4.78, 5) is 2.66. The number of likely N-dealkylation sites (N-methyl/N-ethyl adjacent to an activating group) is 1. The van der Waals surface area contributed by atoms with E-state index in [1.807, 2.05) is 0 Å². The van der Waals surface area contributed by atoms with Gasteiger partial charge in [0.25, 0.3) is 0 Å². The molecule has 1 aliphatic carbocycles. The van der Waals surface area contributed by atoms with Crippen LogP contribution in [0.5, 0.6) is 0 Å². The predicted octanol–water partition coefficient (Wildman–Crippen LogP) is 3.67. The molecule has 0 aromatic heterocycles. The Hall–Kier alpha value is -0.0800. The van der Waals surface area contributed by atoms with Gasteiger partial charge in [0.05, 0.1) is 0 Å².